The number of carbonyl (C=O) groups excluding carboxylic acids is 1. The fourth-order valence-electron chi connectivity index (χ4n) is 2.44. The summed E-state index contributed by atoms with van der Waals surface area (Å²) in [5.41, 5.74) is 0. The maximum absolute atomic E-state index is 12.5. The van der Waals surface area contributed by atoms with Crippen molar-refractivity contribution in [1.82, 2.24) is 9.80 Å². The molecule has 1 atom stereocenters. The molecule has 0 aromatic carbocycles. The predicted molar refractivity (Wildman–Crippen MR) is 74.0 cm³/mol. The Bertz CT molecular complexity index is 390. The van der Waals surface area contributed by atoms with E-state index in [0.29, 0.717) is 38.4 Å². The summed E-state index contributed by atoms with van der Waals surface area (Å²) in [7, 11) is 0. The molecule has 1 N–H and O–H groups in total. The Morgan fingerprint density at radius 2 is 2.20 bits per heavy atom. The van der Waals surface area contributed by atoms with Crippen LogP contribution in [0.3, 0.4) is 0 Å². The van der Waals surface area contributed by atoms with Gasteiger partial charge in [0.25, 0.3) is 0 Å². The third-order valence-corrected chi connectivity index (χ3v) is 3.39. The molecule has 0 saturated carbocycles. The number of aliphatic carboxylic acids is 1. The molecule has 0 unspecified atom stereocenters. The quantitative estimate of drug-likeness (QED) is 0.832. The Hall–Kier alpha value is -1.77. The molecule has 1 heterocycles. The maximum Gasteiger partial charge on any atom is 0.320 e. The van der Waals surface area contributed by atoms with Gasteiger partial charge in [-0.2, -0.15) is 5.26 Å². The number of carboxylic acid groups (broad SMARTS) is 1. The Labute approximate surface area is 120 Å². The molecule has 0 aromatic heterocycles. The molecule has 0 aromatic rings. The summed E-state index contributed by atoms with van der Waals surface area (Å²) < 4.78 is 0. The molecule has 6 nitrogen and oxygen atoms in total. The predicted octanol–water partition coefficient (Wildman–Crippen LogP) is 1.77. The number of piperidine rings is 1. The molecule has 20 heavy (non-hydrogen) atoms. The number of urea groups is 1. The van der Waals surface area contributed by atoms with Crippen LogP contribution in [-0.2, 0) is 4.79 Å². The van der Waals surface area contributed by atoms with Crippen LogP contribution < -0.4 is 0 Å². The first-order valence-corrected chi connectivity index (χ1v) is 7.09. The van der Waals surface area contributed by atoms with Gasteiger partial charge in [-0.15, -0.1) is 0 Å². The summed E-state index contributed by atoms with van der Waals surface area (Å²) in [5, 5.41) is 17.7. The summed E-state index contributed by atoms with van der Waals surface area (Å²) in [4.78, 5) is 26.8. The van der Waals surface area contributed by atoms with E-state index in [2.05, 4.69) is 0 Å². The van der Waals surface area contributed by atoms with Gasteiger partial charge in [-0.05, 0) is 18.8 Å². The minimum absolute atomic E-state index is 0.139. The number of likely N-dealkylation sites (tertiary alicyclic amines) is 1. The molecule has 0 aliphatic carbocycles. The highest BCUT2D eigenvalue weighted by molar-refractivity contribution is 5.76. The van der Waals surface area contributed by atoms with Crippen LogP contribution in [0.1, 0.15) is 33.1 Å². The molecule has 1 saturated heterocycles. The third kappa shape index (κ3) is 4.72. The van der Waals surface area contributed by atoms with Crippen LogP contribution in [0, 0.1) is 23.2 Å². The number of nitrogens with zero attached hydrogens (tertiary/aromatic N) is 3. The van der Waals surface area contributed by atoms with Gasteiger partial charge in [0.15, 0.2) is 0 Å². The highest BCUT2D eigenvalue weighted by Crippen LogP contribution is 2.18. The van der Waals surface area contributed by atoms with Gasteiger partial charge in [0.2, 0.25) is 0 Å². The largest absolute Gasteiger partial charge is 0.481 e. The van der Waals surface area contributed by atoms with Gasteiger partial charge in [-0.3, -0.25) is 4.79 Å². The SMILES string of the molecule is CC(C)CN(CCC#N)C(=O)N1CCC[C@H](C(=O)O)C1. The second-order valence-corrected chi connectivity index (χ2v) is 5.65. The molecule has 6 heteroatoms. The van der Waals surface area contributed by atoms with Crippen molar-refractivity contribution in [2.45, 2.75) is 33.1 Å². The zero-order valence-corrected chi connectivity index (χ0v) is 12.2. The highest BCUT2D eigenvalue weighted by Gasteiger charge is 2.30. The van der Waals surface area contributed by atoms with E-state index in [-0.39, 0.29) is 12.6 Å². The smallest absolute Gasteiger partial charge is 0.320 e. The van der Waals surface area contributed by atoms with Gasteiger partial charge >= 0.3 is 12.0 Å². The number of rotatable bonds is 5. The first-order valence-electron chi connectivity index (χ1n) is 7.09. The number of amides is 2. The molecule has 0 radical (unpaired) electrons. The maximum atomic E-state index is 12.5. The Balaban J connectivity index is 2.67. The van der Waals surface area contributed by atoms with E-state index in [1.807, 2.05) is 19.9 Å². The lowest BCUT2D eigenvalue weighted by Crippen LogP contribution is -2.49. The normalized spacial score (nSPS) is 18.7. The van der Waals surface area contributed by atoms with Crippen LogP contribution in [0.5, 0.6) is 0 Å². The van der Waals surface area contributed by atoms with Crippen molar-refractivity contribution in [3.05, 3.63) is 0 Å². The minimum atomic E-state index is -0.838. The standard InChI is InChI=1S/C14H23N3O3/c1-11(2)9-16(8-4-6-15)14(20)17-7-3-5-12(10-17)13(18)19/h11-12H,3-5,7-10H2,1-2H3,(H,18,19)/t12-/m0/s1. The Morgan fingerprint density at radius 1 is 1.50 bits per heavy atom. The monoisotopic (exact) mass is 281 g/mol. The van der Waals surface area contributed by atoms with E-state index < -0.39 is 11.9 Å². The first kappa shape index (κ1) is 16.3. The van der Waals surface area contributed by atoms with E-state index in [1.165, 1.54) is 0 Å². The highest BCUT2D eigenvalue weighted by atomic mass is 16.4. The van der Waals surface area contributed by atoms with E-state index in [1.54, 1.807) is 9.80 Å². The van der Waals surface area contributed by atoms with Gasteiger partial charge in [0, 0.05) is 26.2 Å². The molecule has 2 amide bonds. The lowest BCUT2D eigenvalue weighted by molar-refractivity contribution is -0.143. The van der Waals surface area contributed by atoms with Crippen molar-refractivity contribution in [3.8, 4) is 6.07 Å². The van der Waals surface area contributed by atoms with Crippen molar-refractivity contribution < 1.29 is 14.7 Å². The van der Waals surface area contributed by atoms with Crippen LogP contribution in [0.15, 0.2) is 0 Å². The molecule has 1 aliphatic rings. The Kier molecular flexibility index (Phi) is 6.29. The second kappa shape index (κ2) is 7.73. The van der Waals surface area contributed by atoms with Gasteiger partial charge in [-0.1, -0.05) is 13.8 Å². The average molecular weight is 281 g/mol. The van der Waals surface area contributed by atoms with Crippen molar-refractivity contribution in [1.29, 1.82) is 5.26 Å². The number of carbonyl (C=O) groups is 2. The number of hydrogen-bond acceptors (Lipinski definition) is 3. The number of nitriles is 1. The fraction of sp³-hybridized carbons (Fsp3) is 0.786. The number of hydrogen-bond donors (Lipinski definition) is 1. The lowest BCUT2D eigenvalue weighted by Gasteiger charge is -2.35. The average Bonchev–Trinajstić information content (AvgIpc) is 2.42. The van der Waals surface area contributed by atoms with Crippen molar-refractivity contribution in [3.63, 3.8) is 0 Å². The van der Waals surface area contributed by atoms with E-state index in [9.17, 15) is 9.59 Å². The summed E-state index contributed by atoms with van der Waals surface area (Å²) in [6.45, 7) is 5.90. The minimum Gasteiger partial charge on any atom is -0.481 e. The molecular formula is C14H23N3O3. The fourth-order valence-corrected chi connectivity index (χ4v) is 2.44. The van der Waals surface area contributed by atoms with Gasteiger partial charge < -0.3 is 14.9 Å². The van der Waals surface area contributed by atoms with E-state index in [0.717, 1.165) is 6.42 Å². The van der Waals surface area contributed by atoms with E-state index in [4.69, 9.17) is 10.4 Å². The van der Waals surface area contributed by atoms with Crippen molar-refractivity contribution in [2.24, 2.45) is 11.8 Å². The summed E-state index contributed by atoms with van der Waals surface area (Å²) >= 11 is 0. The van der Waals surface area contributed by atoms with Crippen LogP contribution >= 0.6 is 0 Å². The van der Waals surface area contributed by atoms with Crippen LogP contribution in [0.2, 0.25) is 0 Å². The van der Waals surface area contributed by atoms with E-state index >= 15 is 0 Å². The first-order chi connectivity index (χ1) is 9.45. The number of carboxylic acids is 1. The van der Waals surface area contributed by atoms with Crippen LogP contribution in [-0.4, -0.2) is 53.1 Å². The van der Waals surface area contributed by atoms with Crippen LogP contribution in [0.25, 0.3) is 0 Å². The third-order valence-electron chi connectivity index (χ3n) is 3.39. The Morgan fingerprint density at radius 3 is 2.75 bits per heavy atom. The lowest BCUT2D eigenvalue weighted by atomic mass is 9.98. The van der Waals surface area contributed by atoms with Crippen molar-refractivity contribution in [2.75, 3.05) is 26.2 Å². The summed E-state index contributed by atoms with van der Waals surface area (Å²) in [6.07, 6.45) is 1.65. The molecule has 1 fully saturated rings. The zero-order chi connectivity index (χ0) is 15.1. The van der Waals surface area contributed by atoms with Crippen molar-refractivity contribution >= 4 is 12.0 Å². The molecule has 0 bridgehead atoms. The molecule has 112 valence electrons. The molecule has 1 aliphatic heterocycles. The van der Waals surface area contributed by atoms with Crippen LogP contribution in [0.4, 0.5) is 4.79 Å². The second-order valence-electron chi connectivity index (χ2n) is 5.65. The molecular weight excluding hydrogens is 258 g/mol. The van der Waals surface area contributed by atoms with Gasteiger partial charge in [0.1, 0.15) is 0 Å². The zero-order valence-electron chi connectivity index (χ0n) is 12.2. The van der Waals surface area contributed by atoms with Gasteiger partial charge in [-0.25, -0.2) is 4.79 Å². The van der Waals surface area contributed by atoms with Gasteiger partial charge in [0.05, 0.1) is 18.4 Å². The summed E-state index contributed by atoms with van der Waals surface area (Å²) in [5.74, 6) is -0.989. The summed E-state index contributed by atoms with van der Waals surface area (Å²) in [6, 6.07) is 1.91. The topological polar surface area (TPSA) is 84.6 Å². The molecule has 0 spiro atoms. The molecule has 1 rings (SSSR count).